The third-order valence-electron chi connectivity index (χ3n) is 3.51. The van der Waals surface area contributed by atoms with Crippen LogP contribution in [-0.4, -0.2) is 35.6 Å². The fourth-order valence-corrected chi connectivity index (χ4v) is 2.29. The summed E-state index contributed by atoms with van der Waals surface area (Å²) in [5.74, 6) is 2.96. The van der Waals surface area contributed by atoms with Crippen LogP contribution in [0, 0.1) is 0 Å². The van der Waals surface area contributed by atoms with Crippen LogP contribution in [0.1, 0.15) is 11.4 Å². The monoisotopic (exact) mass is 313 g/mol. The Balaban J connectivity index is 1.86. The summed E-state index contributed by atoms with van der Waals surface area (Å²) in [4.78, 5) is 4.57. The molecule has 0 unspecified atom stereocenters. The van der Waals surface area contributed by atoms with Gasteiger partial charge in [-0.05, 0) is 29.8 Å². The van der Waals surface area contributed by atoms with Gasteiger partial charge < -0.3 is 13.9 Å². The van der Waals surface area contributed by atoms with Crippen LogP contribution in [0.4, 0.5) is 0 Å². The molecule has 0 radical (unpaired) electrons. The van der Waals surface area contributed by atoms with Crippen LogP contribution < -0.4 is 4.74 Å². The summed E-state index contributed by atoms with van der Waals surface area (Å²) < 4.78 is 17.6. The van der Waals surface area contributed by atoms with E-state index in [4.69, 9.17) is 13.9 Å². The van der Waals surface area contributed by atoms with E-state index in [2.05, 4.69) is 10.1 Å². The van der Waals surface area contributed by atoms with E-state index in [9.17, 15) is 0 Å². The van der Waals surface area contributed by atoms with Gasteiger partial charge in [0.1, 0.15) is 11.6 Å². The van der Waals surface area contributed by atoms with Gasteiger partial charge in [0, 0.05) is 13.5 Å². The number of hydrogen-bond donors (Lipinski definition) is 0. The van der Waals surface area contributed by atoms with Crippen LogP contribution in [0.5, 0.6) is 5.75 Å². The van der Waals surface area contributed by atoms with E-state index in [0.29, 0.717) is 31.2 Å². The SMILES string of the molecule is COCCc1nc(-c2ccco2)nn1Cc1ccc(OC)cc1. The lowest BCUT2D eigenvalue weighted by atomic mass is 10.2. The molecule has 0 amide bonds. The molecule has 0 saturated heterocycles. The third kappa shape index (κ3) is 3.60. The standard InChI is InChI=1S/C17H19N3O3/c1-21-11-9-16-18-17(15-4-3-10-23-15)19-20(16)12-13-5-7-14(22-2)8-6-13/h3-8,10H,9,11-12H2,1-2H3. The van der Waals surface area contributed by atoms with Crippen molar-refractivity contribution in [3.8, 4) is 17.3 Å². The Labute approximate surface area is 134 Å². The summed E-state index contributed by atoms with van der Waals surface area (Å²) in [6, 6.07) is 11.6. The summed E-state index contributed by atoms with van der Waals surface area (Å²) in [6.45, 7) is 1.23. The summed E-state index contributed by atoms with van der Waals surface area (Å²) in [5, 5.41) is 4.57. The van der Waals surface area contributed by atoms with Gasteiger partial charge in [-0.15, -0.1) is 5.10 Å². The number of nitrogens with zero attached hydrogens (tertiary/aromatic N) is 3. The molecular formula is C17H19N3O3. The fraction of sp³-hybridized carbons (Fsp3) is 0.294. The van der Waals surface area contributed by atoms with Crippen LogP contribution in [0.2, 0.25) is 0 Å². The maximum Gasteiger partial charge on any atom is 0.217 e. The van der Waals surface area contributed by atoms with Gasteiger partial charge in [-0.3, -0.25) is 0 Å². The summed E-state index contributed by atoms with van der Waals surface area (Å²) >= 11 is 0. The minimum absolute atomic E-state index is 0.592. The second kappa shape index (κ2) is 7.11. The molecular weight excluding hydrogens is 294 g/mol. The van der Waals surface area contributed by atoms with Crippen LogP contribution in [-0.2, 0) is 17.7 Å². The van der Waals surface area contributed by atoms with Crippen molar-refractivity contribution in [1.29, 1.82) is 0 Å². The third-order valence-corrected chi connectivity index (χ3v) is 3.51. The van der Waals surface area contributed by atoms with Crippen molar-refractivity contribution in [3.63, 3.8) is 0 Å². The molecule has 0 spiro atoms. The minimum atomic E-state index is 0.592. The molecule has 0 aliphatic rings. The molecule has 0 N–H and O–H groups in total. The van der Waals surface area contributed by atoms with Gasteiger partial charge in [-0.2, -0.15) is 0 Å². The molecule has 2 heterocycles. The van der Waals surface area contributed by atoms with Crippen LogP contribution >= 0.6 is 0 Å². The van der Waals surface area contributed by atoms with Crippen molar-refractivity contribution in [2.24, 2.45) is 0 Å². The van der Waals surface area contributed by atoms with Crippen molar-refractivity contribution >= 4 is 0 Å². The fourth-order valence-electron chi connectivity index (χ4n) is 2.29. The van der Waals surface area contributed by atoms with E-state index in [1.165, 1.54) is 0 Å². The summed E-state index contributed by atoms with van der Waals surface area (Å²) in [7, 11) is 3.34. The number of methoxy groups -OCH3 is 2. The lowest BCUT2D eigenvalue weighted by Crippen LogP contribution is -2.09. The summed E-state index contributed by atoms with van der Waals surface area (Å²) in [6.07, 6.45) is 2.31. The number of benzene rings is 1. The molecule has 0 bridgehead atoms. The minimum Gasteiger partial charge on any atom is -0.497 e. The first-order valence-corrected chi connectivity index (χ1v) is 7.39. The zero-order valence-corrected chi connectivity index (χ0v) is 13.2. The first-order chi connectivity index (χ1) is 11.3. The number of rotatable bonds is 7. The maximum absolute atomic E-state index is 5.39. The second-order valence-electron chi connectivity index (χ2n) is 5.08. The predicted molar refractivity (Wildman–Crippen MR) is 85.4 cm³/mol. The Morgan fingerprint density at radius 1 is 1.13 bits per heavy atom. The molecule has 0 saturated carbocycles. The smallest absolute Gasteiger partial charge is 0.217 e. The Morgan fingerprint density at radius 2 is 1.96 bits per heavy atom. The van der Waals surface area contributed by atoms with Gasteiger partial charge in [0.25, 0.3) is 0 Å². The van der Waals surface area contributed by atoms with Crippen molar-refractivity contribution in [1.82, 2.24) is 14.8 Å². The van der Waals surface area contributed by atoms with Crippen molar-refractivity contribution in [2.75, 3.05) is 20.8 Å². The van der Waals surface area contributed by atoms with Gasteiger partial charge in [0.05, 0.1) is 26.5 Å². The van der Waals surface area contributed by atoms with E-state index >= 15 is 0 Å². The van der Waals surface area contributed by atoms with Gasteiger partial charge in [0.2, 0.25) is 5.82 Å². The molecule has 1 aromatic carbocycles. The zero-order valence-electron chi connectivity index (χ0n) is 13.2. The average molecular weight is 313 g/mol. The van der Waals surface area contributed by atoms with Crippen molar-refractivity contribution < 1.29 is 13.9 Å². The van der Waals surface area contributed by atoms with E-state index < -0.39 is 0 Å². The molecule has 0 fully saturated rings. The molecule has 2 aromatic heterocycles. The highest BCUT2D eigenvalue weighted by molar-refractivity contribution is 5.45. The zero-order chi connectivity index (χ0) is 16.1. The second-order valence-corrected chi connectivity index (χ2v) is 5.08. The molecule has 3 aromatic rings. The van der Waals surface area contributed by atoms with Crippen molar-refractivity contribution in [2.45, 2.75) is 13.0 Å². The average Bonchev–Trinajstić information content (AvgIpc) is 3.23. The number of aromatic nitrogens is 3. The largest absolute Gasteiger partial charge is 0.497 e. The highest BCUT2D eigenvalue weighted by Gasteiger charge is 2.13. The van der Waals surface area contributed by atoms with Crippen LogP contribution in [0.25, 0.3) is 11.6 Å². The number of hydrogen-bond acceptors (Lipinski definition) is 5. The van der Waals surface area contributed by atoms with E-state index in [1.54, 1.807) is 20.5 Å². The molecule has 23 heavy (non-hydrogen) atoms. The molecule has 120 valence electrons. The van der Waals surface area contributed by atoms with Crippen molar-refractivity contribution in [3.05, 3.63) is 54.0 Å². The first-order valence-electron chi connectivity index (χ1n) is 7.39. The molecule has 3 rings (SSSR count). The van der Waals surface area contributed by atoms with Gasteiger partial charge in [-0.1, -0.05) is 12.1 Å². The normalized spacial score (nSPS) is 10.9. The molecule has 6 nitrogen and oxygen atoms in total. The van der Waals surface area contributed by atoms with E-state index in [-0.39, 0.29) is 0 Å². The predicted octanol–water partition coefficient (Wildman–Crippen LogP) is 2.78. The lowest BCUT2D eigenvalue weighted by Gasteiger charge is -2.06. The lowest BCUT2D eigenvalue weighted by molar-refractivity contribution is 0.199. The highest BCUT2D eigenvalue weighted by Crippen LogP contribution is 2.18. The molecule has 0 aliphatic heterocycles. The Kier molecular flexibility index (Phi) is 4.73. The van der Waals surface area contributed by atoms with Gasteiger partial charge >= 0.3 is 0 Å². The first kappa shape index (κ1) is 15.3. The van der Waals surface area contributed by atoms with E-state index in [1.807, 2.05) is 41.1 Å². The topological polar surface area (TPSA) is 62.3 Å². The van der Waals surface area contributed by atoms with E-state index in [0.717, 1.165) is 17.1 Å². The summed E-state index contributed by atoms with van der Waals surface area (Å²) in [5.41, 5.74) is 1.13. The quantitative estimate of drug-likeness (QED) is 0.671. The molecule has 0 aliphatic carbocycles. The Hall–Kier alpha value is -2.60. The molecule has 0 atom stereocenters. The number of ether oxygens (including phenoxy) is 2. The Morgan fingerprint density at radius 3 is 2.61 bits per heavy atom. The van der Waals surface area contributed by atoms with Gasteiger partial charge in [0.15, 0.2) is 5.76 Å². The van der Waals surface area contributed by atoms with Crippen LogP contribution in [0.15, 0.2) is 47.1 Å². The molecule has 6 heteroatoms. The van der Waals surface area contributed by atoms with Crippen LogP contribution in [0.3, 0.4) is 0 Å². The maximum atomic E-state index is 5.39. The highest BCUT2D eigenvalue weighted by atomic mass is 16.5. The van der Waals surface area contributed by atoms with Gasteiger partial charge in [-0.25, -0.2) is 9.67 Å². The Bertz CT molecular complexity index is 733. The number of furan rings is 1.